The molecule has 0 spiro atoms. The second-order valence-electron chi connectivity index (χ2n) is 6.10. The van der Waals surface area contributed by atoms with Crippen LogP contribution in [-0.4, -0.2) is 28.9 Å². The van der Waals surface area contributed by atoms with Gasteiger partial charge in [0, 0.05) is 12.6 Å². The molecule has 4 nitrogen and oxygen atoms in total. The van der Waals surface area contributed by atoms with Gasteiger partial charge in [-0.05, 0) is 29.0 Å². The molecule has 0 bridgehead atoms. The van der Waals surface area contributed by atoms with Crippen LogP contribution < -0.4 is 0 Å². The highest BCUT2D eigenvalue weighted by Crippen LogP contribution is 2.37. The van der Waals surface area contributed by atoms with Crippen molar-refractivity contribution in [3.63, 3.8) is 0 Å². The van der Waals surface area contributed by atoms with E-state index in [0.29, 0.717) is 5.56 Å². The fourth-order valence-electron chi connectivity index (χ4n) is 2.34. The van der Waals surface area contributed by atoms with E-state index in [-0.39, 0.29) is 23.7 Å². The van der Waals surface area contributed by atoms with E-state index in [1.165, 1.54) is 7.05 Å². The van der Waals surface area contributed by atoms with E-state index in [1.54, 1.807) is 12.1 Å². The predicted molar refractivity (Wildman–Crippen MR) is 76.3 cm³/mol. The Balaban J connectivity index is 2.42. The lowest BCUT2D eigenvalue weighted by atomic mass is 9.79. The molecular weight excluding hydrogens is 254 g/mol. The number of fused-ring (bicyclic) bond motifs is 1. The molecule has 1 aliphatic rings. The first kappa shape index (κ1) is 14.7. The molecule has 1 unspecified atom stereocenters. The summed E-state index contributed by atoms with van der Waals surface area (Å²) in [4.78, 5) is 24.9. The number of aliphatic hydroxyl groups excluding tert-OH is 1. The Morgan fingerprint density at radius 2 is 2.00 bits per heavy atom. The van der Waals surface area contributed by atoms with Crippen LogP contribution in [-0.2, 0) is 11.2 Å². The number of imide groups is 1. The molecule has 20 heavy (non-hydrogen) atoms. The van der Waals surface area contributed by atoms with Crippen LogP contribution >= 0.6 is 0 Å². The topological polar surface area (TPSA) is 57.6 Å². The largest absolute Gasteiger partial charge is 0.388 e. The first-order valence-corrected chi connectivity index (χ1v) is 6.89. The fraction of sp³-hybridized carbons (Fsp3) is 0.500. The van der Waals surface area contributed by atoms with Crippen LogP contribution in [0.15, 0.2) is 18.2 Å². The average Bonchev–Trinajstić information content (AvgIpc) is 2.44. The number of benzene rings is 1. The van der Waals surface area contributed by atoms with Gasteiger partial charge in [-0.2, -0.15) is 0 Å². The van der Waals surface area contributed by atoms with Crippen LogP contribution in [0.2, 0.25) is 0 Å². The van der Waals surface area contributed by atoms with Gasteiger partial charge < -0.3 is 5.11 Å². The summed E-state index contributed by atoms with van der Waals surface area (Å²) in [5.41, 5.74) is 1.74. The van der Waals surface area contributed by atoms with Gasteiger partial charge in [-0.25, -0.2) is 0 Å². The van der Waals surface area contributed by atoms with Gasteiger partial charge in [0.15, 0.2) is 0 Å². The number of hydrogen-bond donors (Lipinski definition) is 1. The third kappa shape index (κ3) is 2.36. The molecule has 1 atom stereocenters. The molecule has 0 fully saturated rings. The van der Waals surface area contributed by atoms with Crippen LogP contribution in [0.5, 0.6) is 0 Å². The number of hydrogen-bond acceptors (Lipinski definition) is 3. The van der Waals surface area contributed by atoms with Gasteiger partial charge in [0.05, 0.1) is 12.5 Å². The number of rotatable bonds is 3. The normalized spacial score (nSPS) is 17.1. The predicted octanol–water partition coefficient (Wildman–Crippen LogP) is 2.31. The first-order valence-electron chi connectivity index (χ1n) is 6.89. The molecule has 0 radical (unpaired) electrons. The van der Waals surface area contributed by atoms with Crippen LogP contribution in [0, 0.1) is 5.41 Å². The van der Waals surface area contributed by atoms with Crippen molar-refractivity contribution in [1.29, 1.82) is 0 Å². The molecule has 0 saturated heterocycles. The lowest BCUT2D eigenvalue weighted by Gasteiger charge is -2.31. The van der Waals surface area contributed by atoms with E-state index in [0.717, 1.165) is 22.4 Å². The Labute approximate surface area is 119 Å². The van der Waals surface area contributed by atoms with Crippen molar-refractivity contribution in [3.05, 3.63) is 34.9 Å². The van der Waals surface area contributed by atoms with E-state index in [4.69, 9.17) is 0 Å². The Morgan fingerprint density at radius 3 is 2.60 bits per heavy atom. The molecule has 2 amide bonds. The molecule has 0 aliphatic carbocycles. The molecule has 0 saturated carbocycles. The van der Waals surface area contributed by atoms with Crippen molar-refractivity contribution < 1.29 is 14.7 Å². The minimum absolute atomic E-state index is 0.190. The number of nitrogens with zero attached hydrogens (tertiary/aromatic N) is 1. The van der Waals surface area contributed by atoms with Crippen molar-refractivity contribution in [2.24, 2.45) is 5.41 Å². The van der Waals surface area contributed by atoms with E-state index in [2.05, 4.69) is 0 Å². The Hall–Kier alpha value is -1.68. The zero-order chi connectivity index (χ0) is 15.1. The lowest BCUT2D eigenvalue weighted by Crippen LogP contribution is -2.39. The third-order valence-electron chi connectivity index (χ3n) is 4.35. The maximum absolute atomic E-state index is 12.1. The fourth-order valence-corrected chi connectivity index (χ4v) is 2.34. The zero-order valence-corrected chi connectivity index (χ0v) is 12.4. The molecule has 1 aromatic carbocycles. The number of aliphatic hydroxyl groups is 1. The van der Waals surface area contributed by atoms with Crippen molar-refractivity contribution >= 4 is 11.8 Å². The van der Waals surface area contributed by atoms with E-state index in [9.17, 15) is 14.7 Å². The van der Waals surface area contributed by atoms with Gasteiger partial charge in [0.2, 0.25) is 5.91 Å². The maximum atomic E-state index is 12.1. The second kappa shape index (κ2) is 5.02. The minimum Gasteiger partial charge on any atom is -0.388 e. The molecular formula is C16H21NO3. The molecule has 1 heterocycles. The quantitative estimate of drug-likeness (QED) is 0.861. The van der Waals surface area contributed by atoms with E-state index in [1.807, 2.05) is 26.8 Å². The third-order valence-corrected chi connectivity index (χ3v) is 4.35. The van der Waals surface area contributed by atoms with Gasteiger partial charge in [0.25, 0.3) is 5.91 Å². The van der Waals surface area contributed by atoms with Crippen molar-refractivity contribution in [2.45, 2.75) is 39.7 Å². The van der Waals surface area contributed by atoms with Crippen LogP contribution in [0.3, 0.4) is 0 Å². The van der Waals surface area contributed by atoms with Crippen molar-refractivity contribution in [2.75, 3.05) is 7.05 Å². The molecule has 2 rings (SSSR count). The van der Waals surface area contributed by atoms with Crippen LogP contribution in [0.4, 0.5) is 0 Å². The first-order chi connectivity index (χ1) is 9.27. The molecule has 4 heteroatoms. The molecule has 1 N–H and O–H groups in total. The summed E-state index contributed by atoms with van der Waals surface area (Å²) in [6.07, 6.45) is 0.441. The summed E-state index contributed by atoms with van der Waals surface area (Å²) in [5.74, 6) is -0.482. The van der Waals surface area contributed by atoms with E-state index >= 15 is 0 Å². The summed E-state index contributed by atoms with van der Waals surface area (Å²) < 4.78 is 0. The number of likely N-dealkylation sites (N-methyl/N-ethyl adjacent to an activating group) is 1. The van der Waals surface area contributed by atoms with E-state index < -0.39 is 6.10 Å². The minimum atomic E-state index is -0.631. The van der Waals surface area contributed by atoms with Crippen LogP contribution in [0.1, 0.15) is 54.8 Å². The number of carbonyl (C=O) groups is 2. The Morgan fingerprint density at radius 1 is 1.35 bits per heavy atom. The summed E-state index contributed by atoms with van der Waals surface area (Å²) in [6.45, 7) is 6.02. The summed E-state index contributed by atoms with van der Waals surface area (Å²) in [7, 11) is 1.49. The highest BCUT2D eigenvalue weighted by molar-refractivity contribution is 6.09. The van der Waals surface area contributed by atoms with Crippen molar-refractivity contribution in [1.82, 2.24) is 4.90 Å². The molecule has 0 aromatic heterocycles. The smallest absolute Gasteiger partial charge is 0.260 e. The monoisotopic (exact) mass is 275 g/mol. The molecule has 108 valence electrons. The lowest BCUT2D eigenvalue weighted by molar-refractivity contribution is -0.127. The standard InChI is InChI=1S/C16H21NO3/c1-5-16(2,3)14(19)11-7-6-10-9-13(18)17(4)15(20)12(10)8-11/h6-8,14,19H,5,9H2,1-4H3. The summed E-state index contributed by atoms with van der Waals surface area (Å²) in [6, 6.07) is 5.32. The molecule has 1 aromatic rings. The second-order valence-corrected chi connectivity index (χ2v) is 6.10. The van der Waals surface area contributed by atoms with Gasteiger partial charge in [0.1, 0.15) is 0 Å². The zero-order valence-electron chi connectivity index (χ0n) is 12.4. The summed E-state index contributed by atoms with van der Waals surface area (Å²) in [5, 5.41) is 10.5. The highest BCUT2D eigenvalue weighted by Gasteiger charge is 2.31. The van der Waals surface area contributed by atoms with Crippen LogP contribution in [0.25, 0.3) is 0 Å². The van der Waals surface area contributed by atoms with Gasteiger partial charge in [-0.1, -0.05) is 32.9 Å². The SMILES string of the molecule is CCC(C)(C)C(O)c1ccc2c(c1)C(=O)N(C)C(=O)C2. The van der Waals surface area contributed by atoms with Gasteiger partial charge in [-0.15, -0.1) is 0 Å². The Kier molecular flexibility index (Phi) is 3.69. The maximum Gasteiger partial charge on any atom is 0.260 e. The van der Waals surface area contributed by atoms with Gasteiger partial charge in [-0.3, -0.25) is 14.5 Å². The van der Waals surface area contributed by atoms with Crippen molar-refractivity contribution in [3.8, 4) is 0 Å². The average molecular weight is 275 g/mol. The number of carbonyl (C=O) groups excluding carboxylic acids is 2. The highest BCUT2D eigenvalue weighted by atomic mass is 16.3. The number of amides is 2. The molecule has 1 aliphatic heterocycles. The van der Waals surface area contributed by atoms with Gasteiger partial charge >= 0.3 is 0 Å². The summed E-state index contributed by atoms with van der Waals surface area (Å²) >= 11 is 0. The Bertz CT molecular complexity index is 563.